The van der Waals surface area contributed by atoms with Crippen LogP contribution >= 0.6 is 23.4 Å². The van der Waals surface area contributed by atoms with E-state index < -0.39 is 5.25 Å². The zero-order chi connectivity index (χ0) is 17.4. The van der Waals surface area contributed by atoms with Crippen LogP contribution in [0.1, 0.15) is 6.92 Å². The van der Waals surface area contributed by atoms with Crippen LogP contribution < -0.4 is 10.6 Å². The Labute approximate surface area is 149 Å². The highest BCUT2D eigenvalue weighted by atomic mass is 35.5. The minimum atomic E-state index is -0.481. The number of rotatable bonds is 4. The predicted octanol–water partition coefficient (Wildman–Crippen LogP) is 3.55. The van der Waals surface area contributed by atoms with Gasteiger partial charge in [-0.3, -0.25) is 10.1 Å². The van der Waals surface area contributed by atoms with Crippen LogP contribution in [0.25, 0.3) is 0 Å². The minimum absolute atomic E-state index is 0.254. The number of nitriles is 1. The highest BCUT2D eigenvalue weighted by Gasteiger charge is 2.17. The number of aromatic nitrogens is 1. The lowest BCUT2D eigenvalue weighted by atomic mass is 10.3. The van der Waals surface area contributed by atoms with Crippen LogP contribution in [0, 0.1) is 11.5 Å². The molecule has 0 bridgehead atoms. The van der Waals surface area contributed by atoms with E-state index in [9.17, 15) is 4.79 Å². The molecule has 0 unspecified atom stereocenters. The number of hydrogen-bond acceptors (Lipinski definition) is 5. The Morgan fingerprint density at radius 2 is 2.08 bits per heavy atom. The fraction of sp³-hybridized carbons (Fsp3) is 0.125. The molecular formula is C16H14ClN5OS. The van der Waals surface area contributed by atoms with Gasteiger partial charge in [0.2, 0.25) is 5.91 Å². The topological polar surface area (TPSA) is 90.2 Å². The van der Waals surface area contributed by atoms with Gasteiger partial charge >= 0.3 is 0 Å². The maximum atomic E-state index is 12.2. The van der Waals surface area contributed by atoms with E-state index in [4.69, 9.17) is 16.9 Å². The number of benzene rings is 1. The lowest BCUT2D eigenvalue weighted by molar-refractivity contribution is -0.115. The van der Waals surface area contributed by atoms with E-state index in [1.165, 1.54) is 6.20 Å². The molecule has 1 atom stereocenters. The normalized spacial score (nSPS) is 12.1. The van der Waals surface area contributed by atoms with E-state index in [1.807, 2.05) is 36.5 Å². The van der Waals surface area contributed by atoms with E-state index in [1.54, 1.807) is 19.1 Å². The summed E-state index contributed by atoms with van der Waals surface area (Å²) in [7, 11) is 0. The van der Waals surface area contributed by atoms with Crippen molar-refractivity contribution in [3.63, 3.8) is 0 Å². The van der Waals surface area contributed by atoms with Crippen molar-refractivity contribution in [3.05, 3.63) is 53.7 Å². The number of amidine groups is 1. The van der Waals surface area contributed by atoms with Crippen LogP contribution in [0.2, 0.25) is 5.02 Å². The molecule has 0 aliphatic heterocycles. The number of nitrogens with zero attached hydrogens (tertiary/aromatic N) is 3. The minimum Gasteiger partial charge on any atom is -0.310 e. The summed E-state index contributed by atoms with van der Waals surface area (Å²) in [6.45, 7) is 1.72. The number of aliphatic imine (C=N–C) groups is 1. The standard InChI is InChI=1S/C16H14ClN5OS/c1-11(15(23)22-14-8-7-12(17)9-19-14)24-16(20-10-18)21-13-5-3-2-4-6-13/h2-9,11H,1H3,(H,20,21)(H,19,22,23)/t11-/m0/s1. The number of amides is 1. The Bertz CT molecular complexity index is 758. The zero-order valence-electron chi connectivity index (χ0n) is 12.7. The summed E-state index contributed by atoms with van der Waals surface area (Å²) in [6, 6.07) is 12.4. The van der Waals surface area contributed by atoms with Crippen molar-refractivity contribution in [3.8, 4) is 6.19 Å². The molecule has 0 fully saturated rings. The summed E-state index contributed by atoms with van der Waals surface area (Å²) in [5, 5.41) is 14.4. The van der Waals surface area contributed by atoms with Gasteiger partial charge < -0.3 is 5.32 Å². The van der Waals surface area contributed by atoms with Crippen molar-refractivity contribution in [1.29, 1.82) is 5.26 Å². The molecule has 2 rings (SSSR count). The summed E-state index contributed by atoms with van der Waals surface area (Å²) < 4.78 is 0. The van der Waals surface area contributed by atoms with Crippen LogP contribution in [-0.2, 0) is 4.79 Å². The molecule has 0 aliphatic rings. The Kier molecular flexibility index (Phi) is 6.61. The van der Waals surface area contributed by atoms with Crippen LogP contribution in [0.4, 0.5) is 11.5 Å². The molecule has 1 aromatic carbocycles. The van der Waals surface area contributed by atoms with Crippen molar-refractivity contribution in [2.45, 2.75) is 12.2 Å². The average molecular weight is 360 g/mol. The Morgan fingerprint density at radius 1 is 1.33 bits per heavy atom. The van der Waals surface area contributed by atoms with E-state index >= 15 is 0 Å². The fourth-order valence-corrected chi connectivity index (χ4v) is 2.53. The van der Waals surface area contributed by atoms with Crippen molar-refractivity contribution in [1.82, 2.24) is 10.3 Å². The molecule has 24 heavy (non-hydrogen) atoms. The molecule has 1 aromatic heterocycles. The number of halogens is 1. The van der Waals surface area contributed by atoms with Crippen molar-refractivity contribution in [2.75, 3.05) is 5.32 Å². The molecule has 1 amide bonds. The van der Waals surface area contributed by atoms with E-state index in [2.05, 4.69) is 20.6 Å². The van der Waals surface area contributed by atoms with Crippen molar-refractivity contribution >= 4 is 45.9 Å². The largest absolute Gasteiger partial charge is 0.310 e. The second-order valence-electron chi connectivity index (χ2n) is 4.60. The van der Waals surface area contributed by atoms with E-state index in [0.29, 0.717) is 21.7 Å². The van der Waals surface area contributed by atoms with Crippen LogP contribution in [-0.4, -0.2) is 21.3 Å². The third kappa shape index (κ3) is 5.57. The molecule has 6 nitrogen and oxygen atoms in total. The van der Waals surface area contributed by atoms with Gasteiger partial charge in [0.1, 0.15) is 5.82 Å². The number of para-hydroxylation sites is 1. The van der Waals surface area contributed by atoms with E-state index in [0.717, 1.165) is 11.8 Å². The number of anilines is 1. The summed E-state index contributed by atoms with van der Waals surface area (Å²) in [4.78, 5) is 20.6. The third-order valence-electron chi connectivity index (χ3n) is 2.79. The maximum Gasteiger partial charge on any atom is 0.238 e. The monoisotopic (exact) mass is 359 g/mol. The van der Waals surface area contributed by atoms with Crippen molar-refractivity contribution < 1.29 is 4.79 Å². The number of pyridine rings is 1. The first-order chi connectivity index (χ1) is 11.6. The van der Waals surface area contributed by atoms with Crippen LogP contribution in [0.5, 0.6) is 0 Å². The lowest BCUT2D eigenvalue weighted by Gasteiger charge is -2.12. The quantitative estimate of drug-likeness (QED) is 0.377. The molecule has 1 heterocycles. The number of carbonyl (C=O) groups is 1. The van der Waals surface area contributed by atoms with Crippen molar-refractivity contribution in [2.24, 2.45) is 4.99 Å². The highest BCUT2D eigenvalue weighted by molar-refractivity contribution is 8.14. The van der Waals surface area contributed by atoms with Gasteiger partial charge in [-0.05, 0) is 31.2 Å². The Morgan fingerprint density at radius 3 is 2.71 bits per heavy atom. The molecular weight excluding hydrogens is 346 g/mol. The smallest absolute Gasteiger partial charge is 0.238 e. The van der Waals surface area contributed by atoms with Gasteiger partial charge in [0.15, 0.2) is 11.4 Å². The molecule has 2 aromatic rings. The molecule has 0 saturated carbocycles. The van der Waals surface area contributed by atoms with Gasteiger partial charge in [-0.15, -0.1) is 0 Å². The number of thioether (sulfide) groups is 1. The second-order valence-corrected chi connectivity index (χ2v) is 6.37. The Hall–Kier alpha value is -2.56. The van der Waals surface area contributed by atoms with Gasteiger partial charge in [-0.25, -0.2) is 9.98 Å². The molecule has 0 spiro atoms. The van der Waals surface area contributed by atoms with Gasteiger partial charge in [-0.2, -0.15) is 5.26 Å². The molecule has 0 aliphatic carbocycles. The van der Waals surface area contributed by atoms with Crippen LogP contribution in [0.15, 0.2) is 53.7 Å². The van der Waals surface area contributed by atoms with Gasteiger partial charge in [0.25, 0.3) is 0 Å². The summed E-state index contributed by atoms with van der Waals surface area (Å²) >= 11 is 6.90. The van der Waals surface area contributed by atoms with E-state index in [-0.39, 0.29) is 5.91 Å². The first-order valence-corrected chi connectivity index (χ1v) is 8.22. The summed E-state index contributed by atoms with van der Waals surface area (Å²) in [5.41, 5.74) is 0.690. The highest BCUT2D eigenvalue weighted by Crippen LogP contribution is 2.19. The Balaban J connectivity index is 2.03. The fourth-order valence-electron chi connectivity index (χ4n) is 1.65. The summed E-state index contributed by atoms with van der Waals surface area (Å²) in [6.07, 6.45) is 3.28. The molecule has 0 saturated heterocycles. The zero-order valence-corrected chi connectivity index (χ0v) is 14.3. The average Bonchev–Trinajstić information content (AvgIpc) is 2.58. The number of hydrogen-bond donors (Lipinski definition) is 2. The maximum absolute atomic E-state index is 12.2. The number of nitrogens with one attached hydrogen (secondary N) is 2. The molecule has 122 valence electrons. The summed E-state index contributed by atoms with van der Waals surface area (Å²) in [5.74, 6) is 0.155. The first-order valence-electron chi connectivity index (χ1n) is 6.96. The lowest BCUT2D eigenvalue weighted by Crippen LogP contribution is -2.27. The molecule has 8 heteroatoms. The van der Waals surface area contributed by atoms with Gasteiger partial charge in [0, 0.05) is 6.20 Å². The van der Waals surface area contributed by atoms with Gasteiger partial charge in [0.05, 0.1) is 16.0 Å². The number of carbonyl (C=O) groups excluding carboxylic acids is 1. The second kappa shape index (κ2) is 8.91. The van der Waals surface area contributed by atoms with Gasteiger partial charge in [-0.1, -0.05) is 41.6 Å². The SMILES string of the molecule is C[C@H](SC(=Nc1ccccc1)NC#N)C(=O)Nc1ccc(Cl)cn1. The molecule has 0 radical (unpaired) electrons. The predicted molar refractivity (Wildman–Crippen MR) is 97.2 cm³/mol. The van der Waals surface area contributed by atoms with Crippen LogP contribution in [0.3, 0.4) is 0 Å². The molecule has 2 N–H and O–H groups in total. The third-order valence-corrected chi connectivity index (χ3v) is 3.99. The first kappa shape index (κ1) is 17.8.